The normalized spacial score (nSPS) is 13.7. The second-order valence-electron chi connectivity index (χ2n) is 5.08. The minimum absolute atomic E-state index is 0. The van der Waals surface area contributed by atoms with Crippen LogP contribution in [0.25, 0.3) is 11.1 Å². The number of fused-ring (bicyclic) bond motifs is 3. The number of rotatable bonds is 2. The molecular weight excluding hydrogens is 478 g/mol. The molecule has 0 spiro atoms. The van der Waals surface area contributed by atoms with E-state index in [1.807, 2.05) is 0 Å². The summed E-state index contributed by atoms with van der Waals surface area (Å²) in [7, 11) is 0. The topological polar surface area (TPSA) is 0 Å². The van der Waals surface area contributed by atoms with Gasteiger partial charge in [-0.15, -0.1) is 0 Å². The van der Waals surface area contributed by atoms with E-state index in [9.17, 15) is 0 Å². The Morgan fingerprint density at radius 3 is 1.86 bits per heavy atom. The van der Waals surface area contributed by atoms with Crippen molar-refractivity contribution in [2.24, 2.45) is 0 Å². The van der Waals surface area contributed by atoms with Crippen molar-refractivity contribution in [3.8, 4) is 11.1 Å². The Morgan fingerprint density at radius 2 is 1.36 bits per heavy atom. The third-order valence-electron chi connectivity index (χ3n) is 3.93. The van der Waals surface area contributed by atoms with E-state index < -0.39 is 22.9 Å². The number of hydrogen-bond donors (Lipinski definition) is 0. The molecule has 0 aliphatic heterocycles. The summed E-state index contributed by atoms with van der Waals surface area (Å²) in [5, 5.41) is 0. The van der Waals surface area contributed by atoms with Crippen LogP contribution in [-0.4, -0.2) is 0 Å². The number of allylic oxidation sites excluding steroid dienone is 4. The van der Waals surface area contributed by atoms with Crippen LogP contribution in [-0.2, 0) is 22.9 Å². The molecule has 0 fully saturated rings. The minimum Gasteiger partial charge on any atom is -1.00 e. The Kier molecular flexibility index (Phi) is 7.31. The van der Waals surface area contributed by atoms with E-state index in [1.54, 1.807) is 14.5 Å². The zero-order chi connectivity index (χ0) is 12.7. The van der Waals surface area contributed by atoms with Crippen molar-refractivity contribution >= 4 is 0 Å². The molecule has 2 aliphatic rings. The van der Waals surface area contributed by atoms with E-state index in [4.69, 9.17) is 0 Å². The van der Waals surface area contributed by atoms with Crippen LogP contribution in [0.5, 0.6) is 0 Å². The molecule has 22 heavy (non-hydrogen) atoms. The number of benzene rings is 2. The summed E-state index contributed by atoms with van der Waals surface area (Å²) in [5.41, 5.74) is 6.11. The van der Waals surface area contributed by atoms with E-state index in [-0.39, 0.29) is 32.2 Å². The van der Waals surface area contributed by atoms with Crippen molar-refractivity contribution in [3.63, 3.8) is 0 Å². The molecule has 0 amide bonds. The van der Waals surface area contributed by atoms with Crippen LogP contribution in [0.1, 0.15) is 28.6 Å². The van der Waals surface area contributed by atoms with Gasteiger partial charge in [-0.2, -0.15) is 0 Å². The van der Waals surface area contributed by atoms with E-state index in [0.29, 0.717) is 0 Å². The second-order valence-corrected chi connectivity index (χ2v) is 10.5. The predicted octanol–water partition coefficient (Wildman–Crippen LogP) is -0.673. The fraction of sp³-hybridized carbons (Fsp3) is 0.158. The van der Waals surface area contributed by atoms with Crippen molar-refractivity contribution in [3.05, 3.63) is 81.2 Å². The van der Waals surface area contributed by atoms with Crippen LogP contribution in [0.4, 0.5) is 0 Å². The Bertz CT molecular complexity index is 659. The standard InChI is InChI=1S/C13H9.C5H5.CH4.2ClH.Hf/c1-3-7-12-10(5-1)9-11-6-2-4-8-13(11)12;1-2-4-5-3-1;;;;/h1-9H;1-3H,4H2;1H4;2*1H;/q;;;;;+2/p-2. The molecule has 3 heteroatoms. The van der Waals surface area contributed by atoms with Crippen LogP contribution < -0.4 is 24.8 Å². The maximum atomic E-state index is 2.37. The van der Waals surface area contributed by atoms with Gasteiger partial charge in [0.1, 0.15) is 0 Å². The van der Waals surface area contributed by atoms with Crippen molar-refractivity contribution in [1.29, 1.82) is 0 Å². The van der Waals surface area contributed by atoms with Gasteiger partial charge in [-0.1, -0.05) is 7.43 Å². The van der Waals surface area contributed by atoms with Gasteiger partial charge in [0.25, 0.3) is 0 Å². The molecule has 0 bridgehead atoms. The molecule has 0 heterocycles. The summed E-state index contributed by atoms with van der Waals surface area (Å²) in [6, 6.07) is 18.0. The molecule has 2 aromatic rings. The average molecular weight is 496 g/mol. The molecule has 0 radical (unpaired) electrons. The molecule has 4 rings (SSSR count). The first kappa shape index (κ1) is 19.4. The smallest absolute Gasteiger partial charge is 1.00 e. The summed E-state index contributed by atoms with van der Waals surface area (Å²) >= 11 is -0.818. The Morgan fingerprint density at radius 1 is 0.818 bits per heavy atom. The predicted molar refractivity (Wildman–Crippen MR) is 82.3 cm³/mol. The summed E-state index contributed by atoms with van der Waals surface area (Å²) in [6.45, 7) is 0. The Labute approximate surface area is 156 Å². The van der Waals surface area contributed by atoms with Crippen LogP contribution in [0.2, 0.25) is 0 Å². The monoisotopic (exact) mass is 496 g/mol. The third kappa shape index (κ3) is 3.32. The van der Waals surface area contributed by atoms with Crippen LogP contribution in [0.3, 0.4) is 0 Å². The minimum atomic E-state index is -0.818. The van der Waals surface area contributed by atoms with Crippen molar-refractivity contribution in [2.75, 3.05) is 0 Å². The van der Waals surface area contributed by atoms with Gasteiger partial charge in [-0.05, 0) is 0 Å². The molecule has 0 aromatic heterocycles. The zero-order valence-corrected chi connectivity index (χ0v) is 16.5. The van der Waals surface area contributed by atoms with Gasteiger partial charge in [-0.3, -0.25) is 0 Å². The van der Waals surface area contributed by atoms with Gasteiger partial charge in [0.2, 0.25) is 0 Å². The fourth-order valence-electron chi connectivity index (χ4n) is 3.05. The molecular formula is C19H18Cl2Hf. The van der Waals surface area contributed by atoms with Crippen LogP contribution >= 0.6 is 0 Å². The fourth-order valence-corrected chi connectivity index (χ4v) is 8.85. The van der Waals surface area contributed by atoms with Gasteiger partial charge < -0.3 is 24.8 Å². The van der Waals surface area contributed by atoms with E-state index in [1.165, 1.54) is 17.5 Å². The van der Waals surface area contributed by atoms with Gasteiger partial charge >= 0.3 is 125 Å². The average Bonchev–Trinajstić information content (AvgIpc) is 3.08. The molecule has 0 saturated carbocycles. The molecule has 0 saturated heterocycles. The number of halogens is 2. The number of hydrogen-bond acceptors (Lipinski definition) is 0. The van der Waals surface area contributed by atoms with Gasteiger partial charge in [0.05, 0.1) is 0 Å². The summed E-state index contributed by atoms with van der Waals surface area (Å²) in [4.78, 5) is 0. The van der Waals surface area contributed by atoms with E-state index in [2.05, 4.69) is 66.8 Å². The third-order valence-corrected chi connectivity index (χ3v) is 9.87. The SMILES string of the molecule is C.C1=CC[C]([Hf+2][CH]2c3ccccc3-c3ccccc32)=C1.[Cl-].[Cl-]. The van der Waals surface area contributed by atoms with Crippen molar-refractivity contribution in [1.82, 2.24) is 0 Å². The quantitative estimate of drug-likeness (QED) is 0.485. The first-order valence-corrected chi connectivity index (χ1v) is 10.6. The van der Waals surface area contributed by atoms with E-state index in [0.717, 1.165) is 3.67 Å². The first-order chi connectivity index (χ1) is 9.43. The molecule has 2 aliphatic carbocycles. The summed E-state index contributed by atoms with van der Waals surface area (Å²) in [6.07, 6.45) is 8.11. The molecule has 2 aromatic carbocycles. The zero-order valence-electron chi connectivity index (χ0n) is 11.4. The Balaban J connectivity index is 0.000000807. The maximum Gasteiger partial charge on any atom is -1.00 e. The van der Waals surface area contributed by atoms with Gasteiger partial charge in [0.15, 0.2) is 0 Å². The molecule has 0 nitrogen and oxygen atoms in total. The largest absolute Gasteiger partial charge is 1.00 e. The summed E-state index contributed by atoms with van der Waals surface area (Å²) < 4.78 is 2.48. The van der Waals surface area contributed by atoms with Crippen LogP contribution in [0.15, 0.2) is 70.1 Å². The van der Waals surface area contributed by atoms with E-state index >= 15 is 0 Å². The molecule has 0 unspecified atom stereocenters. The Hall–Kier alpha value is -0.630. The maximum absolute atomic E-state index is 2.37. The van der Waals surface area contributed by atoms with Gasteiger partial charge in [-0.25, -0.2) is 0 Å². The first-order valence-electron chi connectivity index (χ1n) is 6.74. The van der Waals surface area contributed by atoms with Crippen molar-refractivity contribution in [2.45, 2.75) is 17.5 Å². The van der Waals surface area contributed by atoms with Crippen LogP contribution in [0, 0.1) is 0 Å². The molecule has 0 N–H and O–H groups in total. The van der Waals surface area contributed by atoms with Gasteiger partial charge in [0, 0.05) is 0 Å². The molecule has 0 atom stereocenters. The summed E-state index contributed by atoms with van der Waals surface area (Å²) in [5.74, 6) is 0. The molecule has 112 valence electrons. The second kappa shape index (κ2) is 8.29. The van der Waals surface area contributed by atoms with Crippen molar-refractivity contribution < 1.29 is 47.7 Å².